The number of anilines is 1. The molecule has 1 heterocycles. The molecule has 0 bridgehead atoms. The quantitative estimate of drug-likeness (QED) is 0.456. The molecule has 0 spiro atoms. The number of carbonyl (C=O) groups excluding carboxylic acids is 1. The minimum atomic E-state index is -0.338. The summed E-state index contributed by atoms with van der Waals surface area (Å²) < 4.78 is 11.7. The molecule has 0 fully saturated rings. The Hall–Kier alpha value is -2.42. The molecule has 1 N–H and O–H groups in total. The number of hydrogen-bond donors (Lipinski definition) is 1. The zero-order chi connectivity index (χ0) is 20.8. The normalized spacial score (nSPS) is 11.2. The number of para-hydroxylation sites is 1. The predicted molar refractivity (Wildman–Crippen MR) is 120 cm³/mol. The third-order valence-corrected chi connectivity index (χ3v) is 5.63. The zero-order valence-electron chi connectivity index (χ0n) is 15.6. The molecule has 9 heteroatoms. The lowest BCUT2D eigenvalue weighted by molar-refractivity contribution is 0.102. The average Bonchev–Trinajstić information content (AvgIpc) is 3.21. The van der Waals surface area contributed by atoms with E-state index in [2.05, 4.69) is 31.4 Å². The summed E-state index contributed by atoms with van der Waals surface area (Å²) in [4.78, 5) is 12.3. The fourth-order valence-electron chi connectivity index (χ4n) is 2.43. The number of amides is 1. The number of halogens is 2. The van der Waals surface area contributed by atoms with Crippen molar-refractivity contribution >= 4 is 61.6 Å². The van der Waals surface area contributed by atoms with E-state index in [1.807, 2.05) is 37.3 Å². The summed E-state index contributed by atoms with van der Waals surface area (Å²) in [6.45, 7) is 2.42. The SMILES string of the molecule is CCOc1c(Br)cc(/C=C(\Cl)c2nnc(C(=O)Nc3ccccc3)s2)cc1OC. The highest BCUT2D eigenvalue weighted by atomic mass is 79.9. The Morgan fingerprint density at radius 1 is 1.24 bits per heavy atom. The van der Waals surface area contributed by atoms with Gasteiger partial charge in [-0.1, -0.05) is 41.1 Å². The Morgan fingerprint density at radius 2 is 1.97 bits per heavy atom. The molecule has 6 nitrogen and oxygen atoms in total. The van der Waals surface area contributed by atoms with Crippen LogP contribution in [0.15, 0.2) is 46.9 Å². The molecule has 3 aromatic rings. The molecule has 3 rings (SSSR count). The van der Waals surface area contributed by atoms with Gasteiger partial charge in [-0.3, -0.25) is 4.79 Å². The van der Waals surface area contributed by atoms with Gasteiger partial charge in [0.25, 0.3) is 5.91 Å². The number of nitrogens with one attached hydrogen (secondary N) is 1. The van der Waals surface area contributed by atoms with Crippen molar-refractivity contribution in [1.82, 2.24) is 10.2 Å². The molecular formula is C20H17BrClN3O3S. The molecule has 0 radical (unpaired) electrons. The van der Waals surface area contributed by atoms with Crippen LogP contribution in [0.3, 0.4) is 0 Å². The Morgan fingerprint density at radius 3 is 2.66 bits per heavy atom. The van der Waals surface area contributed by atoms with Crippen molar-refractivity contribution in [3.63, 3.8) is 0 Å². The van der Waals surface area contributed by atoms with Gasteiger partial charge in [0, 0.05) is 5.69 Å². The van der Waals surface area contributed by atoms with Crippen LogP contribution in [0.1, 0.15) is 27.3 Å². The van der Waals surface area contributed by atoms with E-state index in [1.165, 1.54) is 0 Å². The van der Waals surface area contributed by atoms with Gasteiger partial charge < -0.3 is 14.8 Å². The zero-order valence-corrected chi connectivity index (χ0v) is 18.8. The van der Waals surface area contributed by atoms with Crippen molar-refractivity contribution in [3.8, 4) is 11.5 Å². The van der Waals surface area contributed by atoms with E-state index < -0.39 is 0 Å². The maximum absolute atomic E-state index is 12.3. The highest BCUT2D eigenvalue weighted by molar-refractivity contribution is 9.10. The molecule has 1 amide bonds. The number of hydrogen-bond acceptors (Lipinski definition) is 6. The van der Waals surface area contributed by atoms with Crippen molar-refractivity contribution < 1.29 is 14.3 Å². The van der Waals surface area contributed by atoms with Crippen LogP contribution < -0.4 is 14.8 Å². The molecule has 0 saturated heterocycles. The Labute approximate surface area is 185 Å². The van der Waals surface area contributed by atoms with Gasteiger partial charge in [0.15, 0.2) is 16.5 Å². The lowest BCUT2D eigenvalue weighted by Gasteiger charge is -2.12. The molecular weight excluding hydrogens is 478 g/mol. The summed E-state index contributed by atoms with van der Waals surface area (Å²) in [5.41, 5.74) is 1.47. The first-order chi connectivity index (χ1) is 14.0. The summed E-state index contributed by atoms with van der Waals surface area (Å²) >= 11 is 11.0. The average molecular weight is 495 g/mol. The standard InChI is InChI=1S/C20H17BrClN3O3S/c1-3-28-17-14(21)9-12(11-16(17)27-2)10-15(22)19-24-25-20(29-19)18(26)23-13-7-5-4-6-8-13/h4-11H,3H2,1-2H3,(H,23,26)/b15-10-. The first-order valence-corrected chi connectivity index (χ1v) is 10.6. The summed E-state index contributed by atoms with van der Waals surface area (Å²) in [5, 5.41) is 11.8. The van der Waals surface area contributed by atoms with E-state index in [4.69, 9.17) is 21.1 Å². The maximum atomic E-state index is 12.3. The molecule has 0 aliphatic rings. The first-order valence-electron chi connectivity index (χ1n) is 8.59. The van der Waals surface area contributed by atoms with Gasteiger partial charge in [0.1, 0.15) is 0 Å². The van der Waals surface area contributed by atoms with E-state index in [0.717, 1.165) is 21.4 Å². The molecule has 2 aromatic carbocycles. The summed E-state index contributed by atoms with van der Waals surface area (Å²) in [7, 11) is 1.57. The summed E-state index contributed by atoms with van der Waals surface area (Å²) in [6, 6.07) is 12.8. The number of benzene rings is 2. The van der Waals surface area contributed by atoms with Crippen LogP contribution in [0.2, 0.25) is 0 Å². The van der Waals surface area contributed by atoms with Crippen molar-refractivity contribution in [1.29, 1.82) is 0 Å². The van der Waals surface area contributed by atoms with Crippen molar-refractivity contribution in [2.45, 2.75) is 6.92 Å². The van der Waals surface area contributed by atoms with Gasteiger partial charge in [0.2, 0.25) is 5.01 Å². The van der Waals surface area contributed by atoms with Crippen LogP contribution in [0.5, 0.6) is 11.5 Å². The van der Waals surface area contributed by atoms with Crippen LogP contribution in [0, 0.1) is 0 Å². The van der Waals surface area contributed by atoms with E-state index in [1.54, 1.807) is 25.3 Å². The van der Waals surface area contributed by atoms with Gasteiger partial charge in [-0.15, -0.1) is 10.2 Å². The van der Waals surface area contributed by atoms with Crippen molar-refractivity contribution in [2.24, 2.45) is 0 Å². The number of carbonyl (C=O) groups is 1. The van der Waals surface area contributed by atoms with Crippen LogP contribution in [-0.4, -0.2) is 29.8 Å². The van der Waals surface area contributed by atoms with Crippen LogP contribution in [0.4, 0.5) is 5.69 Å². The molecule has 150 valence electrons. The largest absolute Gasteiger partial charge is 0.493 e. The Balaban J connectivity index is 1.80. The van der Waals surface area contributed by atoms with Crippen molar-refractivity contribution in [2.75, 3.05) is 19.0 Å². The summed E-state index contributed by atoms with van der Waals surface area (Å²) in [6.07, 6.45) is 1.73. The second kappa shape index (κ2) is 9.87. The molecule has 1 aromatic heterocycles. The highest BCUT2D eigenvalue weighted by Crippen LogP contribution is 2.38. The van der Waals surface area contributed by atoms with E-state index in [9.17, 15) is 4.79 Å². The topological polar surface area (TPSA) is 73.3 Å². The second-order valence-corrected chi connectivity index (χ2v) is 7.93. The predicted octanol–water partition coefficient (Wildman–Crippen LogP) is 5.70. The van der Waals surface area contributed by atoms with Gasteiger partial charge in [-0.05, 0) is 58.8 Å². The minimum absolute atomic E-state index is 0.223. The molecule has 0 aliphatic carbocycles. The van der Waals surface area contributed by atoms with Crippen LogP contribution >= 0.6 is 38.9 Å². The molecule has 0 unspecified atom stereocenters. The lowest BCUT2D eigenvalue weighted by atomic mass is 10.2. The van der Waals surface area contributed by atoms with Crippen molar-refractivity contribution in [3.05, 3.63) is 62.5 Å². The second-order valence-electron chi connectivity index (χ2n) is 5.69. The van der Waals surface area contributed by atoms with Gasteiger partial charge in [-0.25, -0.2) is 0 Å². The lowest BCUT2D eigenvalue weighted by Crippen LogP contribution is -2.11. The number of ether oxygens (including phenoxy) is 2. The molecule has 0 saturated carbocycles. The highest BCUT2D eigenvalue weighted by Gasteiger charge is 2.16. The van der Waals surface area contributed by atoms with Gasteiger partial charge >= 0.3 is 0 Å². The Bertz CT molecular complexity index is 1040. The number of aromatic nitrogens is 2. The molecule has 0 aliphatic heterocycles. The molecule has 0 atom stereocenters. The summed E-state index contributed by atoms with van der Waals surface area (Å²) in [5.74, 6) is 0.867. The molecule has 29 heavy (non-hydrogen) atoms. The minimum Gasteiger partial charge on any atom is -0.493 e. The first kappa shape index (κ1) is 21.3. The third kappa shape index (κ3) is 5.35. The van der Waals surface area contributed by atoms with E-state index in [0.29, 0.717) is 33.8 Å². The third-order valence-electron chi connectivity index (χ3n) is 3.69. The number of methoxy groups -OCH3 is 1. The maximum Gasteiger partial charge on any atom is 0.286 e. The fraction of sp³-hybridized carbons (Fsp3) is 0.150. The van der Waals surface area contributed by atoms with Crippen LogP contribution in [-0.2, 0) is 0 Å². The Kier molecular flexibility index (Phi) is 7.24. The van der Waals surface area contributed by atoms with Gasteiger partial charge in [-0.2, -0.15) is 0 Å². The number of rotatable bonds is 7. The monoisotopic (exact) mass is 493 g/mol. The fourth-order valence-corrected chi connectivity index (χ4v) is 3.93. The number of nitrogens with zero attached hydrogens (tertiary/aromatic N) is 2. The van der Waals surface area contributed by atoms with Crippen LogP contribution in [0.25, 0.3) is 11.1 Å². The van der Waals surface area contributed by atoms with E-state index >= 15 is 0 Å². The van der Waals surface area contributed by atoms with Gasteiger partial charge in [0.05, 0.1) is 23.2 Å². The smallest absolute Gasteiger partial charge is 0.286 e. The van der Waals surface area contributed by atoms with E-state index in [-0.39, 0.29) is 10.9 Å².